The zero-order valence-electron chi connectivity index (χ0n) is 9.53. The maximum atomic E-state index is 8.47. The Morgan fingerprint density at radius 3 is 2.81 bits per heavy atom. The van der Waals surface area contributed by atoms with Crippen molar-refractivity contribution in [3.8, 4) is 11.8 Å². The highest BCUT2D eigenvalue weighted by atomic mass is 79.9. The topological polar surface area (TPSA) is 36.3 Å². The third-order valence-electron chi connectivity index (χ3n) is 2.36. The van der Waals surface area contributed by atoms with E-state index in [0.29, 0.717) is 6.42 Å². The van der Waals surface area contributed by atoms with Gasteiger partial charge in [0.1, 0.15) is 5.75 Å². The highest BCUT2D eigenvalue weighted by Gasteiger charge is 2.04. The van der Waals surface area contributed by atoms with Crippen LogP contribution in [0.15, 0.2) is 22.7 Å². The summed E-state index contributed by atoms with van der Waals surface area (Å²) in [6, 6.07) is 8.11. The van der Waals surface area contributed by atoms with Gasteiger partial charge in [-0.15, -0.1) is 0 Å². The Hall–Kier alpha value is -1.21. The number of benzene rings is 1. The Labute approximate surface area is 105 Å². The van der Waals surface area contributed by atoms with Gasteiger partial charge in [-0.05, 0) is 40.5 Å². The van der Waals surface area contributed by atoms with Crippen LogP contribution in [0.25, 0.3) is 0 Å². The molecule has 1 rings (SSSR count). The lowest BCUT2D eigenvalue weighted by Gasteiger charge is -2.19. The lowest BCUT2D eigenvalue weighted by molar-refractivity contribution is 0.412. The van der Waals surface area contributed by atoms with Gasteiger partial charge in [0.05, 0.1) is 17.7 Å². The molecule has 0 fully saturated rings. The van der Waals surface area contributed by atoms with Crippen molar-refractivity contribution >= 4 is 21.6 Å². The average Bonchev–Trinajstić information content (AvgIpc) is 2.29. The van der Waals surface area contributed by atoms with E-state index in [2.05, 4.69) is 26.9 Å². The van der Waals surface area contributed by atoms with Crippen LogP contribution in [0.5, 0.6) is 5.75 Å². The molecule has 0 radical (unpaired) electrons. The maximum Gasteiger partial charge on any atom is 0.133 e. The van der Waals surface area contributed by atoms with Crippen molar-refractivity contribution in [3.63, 3.8) is 0 Å². The number of hydrogen-bond donors (Lipinski definition) is 0. The lowest BCUT2D eigenvalue weighted by Crippen LogP contribution is -2.18. The number of halogens is 1. The molecule has 0 aliphatic heterocycles. The van der Waals surface area contributed by atoms with Crippen molar-refractivity contribution < 1.29 is 4.74 Å². The molecule has 0 aromatic heterocycles. The second kappa shape index (κ2) is 6.39. The van der Waals surface area contributed by atoms with E-state index in [9.17, 15) is 0 Å². The third kappa shape index (κ3) is 3.42. The van der Waals surface area contributed by atoms with E-state index in [4.69, 9.17) is 10.00 Å². The van der Waals surface area contributed by atoms with E-state index in [-0.39, 0.29) is 0 Å². The second-order valence-corrected chi connectivity index (χ2v) is 4.36. The molecule has 0 saturated carbocycles. The Bertz CT molecular complexity index is 387. The van der Waals surface area contributed by atoms with E-state index in [1.165, 1.54) is 0 Å². The highest BCUT2D eigenvalue weighted by molar-refractivity contribution is 9.10. The van der Waals surface area contributed by atoms with E-state index in [1.807, 2.05) is 25.2 Å². The number of nitriles is 1. The Balaban J connectivity index is 2.66. The molecule has 4 heteroatoms. The molecule has 0 bridgehead atoms. The molecule has 0 unspecified atom stereocenters. The fraction of sp³-hybridized carbons (Fsp3) is 0.417. The van der Waals surface area contributed by atoms with Gasteiger partial charge in [-0.3, -0.25) is 0 Å². The molecule has 1 aromatic rings. The SMILES string of the molecule is COc1ccc(N(C)CCCC#N)cc1Br. The summed E-state index contributed by atoms with van der Waals surface area (Å²) in [5.41, 5.74) is 1.12. The predicted molar refractivity (Wildman–Crippen MR) is 68.8 cm³/mol. The molecule has 3 nitrogen and oxygen atoms in total. The maximum absolute atomic E-state index is 8.47. The van der Waals surface area contributed by atoms with Gasteiger partial charge in [0.25, 0.3) is 0 Å². The summed E-state index contributed by atoms with van der Waals surface area (Å²) in [7, 11) is 3.67. The standard InChI is InChI=1S/C12H15BrN2O/c1-15(8-4-3-7-14)10-5-6-12(16-2)11(13)9-10/h5-6,9H,3-4,8H2,1-2H3. The number of unbranched alkanes of at least 4 members (excludes halogenated alkanes) is 1. The van der Waals surface area contributed by atoms with Crippen molar-refractivity contribution in [1.29, 1.82) is 5.26 Å². The smallest absolute Gasteiger partial charge is 0.133 e. The summed E-state index contributed by atoms with van der Waals surface area (Å²) in [6.45, 7) is 0.881. The molecule has 0 spiro atoms. The average molecular weight is 283 g/mol. The van der Waals surface area contributed by atoms with Gasteiger partial charge in [0.2, 0.25) is 0 Å². The summed E-state index contributed by atoms with van der Waals surface area (Å²) in [5, 5.41) is 8.47. The molecule has 0 aliphatic carbocycles. The van der Waals surface area contributed by atoms with Gasteiger partial charge >= 0.3 is 0 Å². The van der Waals surface area contributed by atoms with Gasteiger partial charge in [-0.2, -0.15) is 5.26 Å². The minimum atomic E-state index is 0.599. The minimum Gasteiger partial charge on any atom is -0.496 e. The van der Waals surface area contributed by atoms with Crippen molar-refractivity contribution in [2.24, 2.45) is 0 Å². The van der Waals surface area contributed by atoms with Crippen LogP contribution >= 0.6 is 15.9 Å². The first-order valence-electron chi connectivity index (χ1n) is 5.10. The first-order valence-corrected chi connectivity index (χ1v) is 5.90. The minimum absolute atomic E-state index is 0.599. The Kier molecular flexibility index (Phi) is 5.13. The Morgan fingerprint density at radius 2 is 2.25 bits per heavy atom. The lowest BCUT2D eigenvalue weighted by atomic mass is 10.2. The van der Waals surface area contributed by atoms with E-state index in [0.717, 1.165) is 28.9 Å². The van der Waals surface area contributed by atoms with Gasteiger partial charge in [-0.1, -0.05) is 0 Å². The van der Waals surface area contributed by atoms with Crippen LogP contribution in [-0.2, 0) is 0 Å². The molecule has 0 aliphatic rings. The predicted octanol–water partition coefficient (Wildman–Crippen LogP) is 3.20. The zero-order chi connectivity index (χ0) is 12.0. The van der Waals surface area contributed by atoms with Crippen molar-refractivity contribution in [1.82, 2.24) is 0 Å². The first kappa shape index (κ1) is 12.9. The fourth-order valence-corrected chi connectivity index (χ4v) is 1.95. The van der Waals surface area contributed by atoms with Crippen LogP contribution < -0.4 is 9.64 Å². The van der Waals surface area contributed by atoms with E-state index in [1.54, 1.807) is 7.11 Å². The molecule has 86 valence electrons. The summed E-state index contributed by atoms with van der Waals surface area (Å²) >= 11 is 3.45. The van der Waals surface area contributed by atoms with E-state index >= 15 is 0 Å². The number of nitrogens with zero attached hydrogens (tertiary/aromatic N) is 2. The van der Waals surface area contributed by atoms with Crippen molar-refractivity contribution in [3.05, 3.63) is 22.7 Å². The second-order valence-electron chi connectivity index (χ2n) is 3.50. The van der Waals surface area contributed by atoms with Crippen molar-refractivity contribution in [2.75, 3.05) is 25.6 Å². The molecule has 0 heterocycles. The van der Waals surface area contributed by atoms with Crippen LogP contribution in [0.1, 0.15) is 12.8 Å². The summed E-state index contributed by atoms with van der Waals surface area (Å²) in [5.74, 6) is 0.828. The highest BCUT2D eigenvalue weighted by Crippen LogP contribution is 2.29. The quantitative estimate of drug-likeness (QED) is 0.779. The van der Waals surface area contributed by atoms with Crippen LogP contribution in [0, 0.1) is 11.3 Å². The summed E-state index contributed by atoms with van der Waals surface area (Å²) in [4.78, 5) is 2.13. The molecule has 0 N–H and O–H groups in total. The number of rotatable bonds is 5. The number of anilines is 1. The fourth-order valence-electron chi connectivity index (χ4n) is 1.42. The zero-order valence-corrected chi connectivity index (χ0v) is 11.1. The number of methoxy groups -OCH3 is 1. The number of ether oxygens (including phenoxy) is 1. The molecular formula is C12H15BrN2O. The molecule has 0 saturated heterocycles. The van der Waals surface area contributed by atoms with Crippen LogP contribution in [0.4, 0.5) is 5.69 Å². The third-order valence-corrected chi connectivity index (χ3v) is 2.98. The van der Waals surface area contributed by atoms with Gasteiger partial charge in [0, 0.05) is 25.7 Å². The number of hydrogen-bond acceptors (Lipinski definition) is 3. The van der Waals surface area contributed by atoms with Gasteiger partial charge in [-0.25, -0.2) is 0 Å². The van der Waals surface area contributed by atoms with Crippen LogP contribution in [0.3, 0.4) is 0 Å². The largest absolute Gasteiger partial charge is 0.496 e. The van der Waals surface area contributed by atoms with Gasteiger partial charge < -0.3 is 9.64 Å². The van der Waals surface area contributed by atoms with Gasteiger partial charge in [0.15, 0.2) is 0 Å². The summed E-state index contributed by atoms with van der Waals surface area (Å²) in [6.07, 6.45) is 1.48. The molecule has 0 amide bonds. The van der Waals surface area contributed by atoms with Crippen LogP contribution in [0.2, 0.25) is 0 Å². The molecular weight excluding hydrogens is 268 g/mol. The molecule has 16 heavy (non-hydrogen) atoms. The summed E-state index contributed by atoms with van der Waals surface area (Å²) < 4.78 is 6.11. The monoisotopic (exact) mass is 282 g/mol. The van der Waals surface area contributed by atoms with Crippen molar-refractivity contribution in [2.45, 2.75) is 12.8 Å². The van der Waals surface area contributed by atoms with Crippen LogP contribution in [-0.4, -0.2) is 20.7 Å². The first-order chi connectivity index (χ1) is 7.69. The molecule has 1 aromatic carbocycles. The Morgan fingerprint density at radius 1 is 1.50 bits per heavy atom. The molecule has 0 atom stereocenters. The normalized spacial score (nSPS) is 9.62. The van der Waals surface area contributed by atoms with E-state index < -0.39 is 0 Å².